The van der Waals surface area contributed by atoms with Crippen molar-refractivity contribution in [1.29, 1.82) is 0 Å². The van der Waals surface area contributed by atoms with E-state index in [4.69, 9.17) is 9.47 Å². The fourth-order valence-electron chi connectivity index (χ4n) is 4.79. The zero-order chi connectivity index (χ0) is 23.6. The zero-order valence-corrected chi connectivity index (χ0v) is 19.5. The van der Waals surface area contributed by atoms with E-state index in [9.17, 15) is 15.0 Å². The van der Waals surface area contributed by atoms with E-state index in [-0.39, 0.29) is 31.0 Å². The first kappa shape index (κ1) is 23.3. The lowest BCUT2D eigenvalue weighted by molar-refractivity contribution is -0.131. The second kappa shape index (κ2) is 9.57. The number of aromatic nitrogens is 1. The lowest BCUT2D eigenvalue weighted by Crippen LogP contribution is -2.54. The first-order valence-electron chi connectivity index (χ1n) is 11.4. The molecule has 1 aromatic carbocycles. The number of aliphatic hydroxyl groups is 2. The SMILES string of the molecule is COc1ccc(C2CN(C(=O)CCO)CC2(C)C(C)O)cc1OC1CN(c2ccccn2)C1. The minimum atomic E-state index is -0.612. The molecule has 2 fully saturated rings. The Bertz CT molecular complexity index is 964. The number of methoxy groups -OCH3 is 1. The summed E-state index contributed by atoms with van der Waals surface area (Å²) in [5, 5.41) is 19.8. The molecule has 4 rings (SSSR count). The Morgan fingerprint density at radius 2 is 2.03 bits per heavy atom. The van der Waals surface area contributed by atoms with Crippen LogP contribution < -0.4 is 14.4 Å². The number of nitrogens with zero attached hydrogens (tertiary/aromatic N) is 3. The van der Waals surface area contributed by atoms with Crippen LogP contribution in [0.4, 0.5) is 5.82 Å². The third-order valence-electron chi connectivity index (χ3n) is 7.07. The van der Waals surface area contributed by atoms with Gasteiger partial charge in [-0.05, 0) is 36.8 Å². The normalized spacial score (nSPS) is 23.8. The van der Waals surface area contributed by atoms with Gasteiger partial charge in [-0.15, -0.1) is 0 Å². The van der Waals surface area contributed by atoms with Crippen LogP contribution in [0.25, 0.3) is 0 Å². The number of anilines is 1. The fraction of sp³-hybridized carbons (Fsp3) is 0.520. The van der Waals surface area contributed by atoms with Gasteiger partial charge in [-0.25, -0.2) is 4.98 Å². The van der Waals surface area contributed by atoms with Crippen molar-refractivity contribution < 1.29 is 24.5 Å². The molecule has 1 amide bonds. The Morgan fingerprint density at radius 3 is 2.67 bits per heavy atom. The van der Waals surface area contributed by atoms with E-state index in [1.54, 1.807) is 25.1 Å². The van der Waals surface area contributed by atoms with Crippen molar-refractivity contribution in [2.75, 3.05) is 44.8 Å². The Labute approximate surface area is 194 Å². The Morgan fingerprint density at radius 1 is 1.24 bits per heavy atom. The molecule has 2 saturated heterocycles. The number of hydrogen-bond donors (Lipinski definition) is 2. The summed E-state index contributed by atoms with van der Waals surface area (Å²) in [5.74, 6) is 2.08. The number of aliphatic hydroxyl groups excluding tert-OH is 2. The molecule has 8 nitrogen and oxygen atoms in total. The molecule has 178 valence electrons. The first-order chi connectivity index (χ1) is 15.9. The second-order valence-electron chi connectivity index (χ2n) is 9.23. The van der Waals surface area contributed by atoms with Gasteiger partial charge in [0.15, 0.2) is 11.5 Å². The van der Waals surface area contributed by atoms with Gasteiger partial charge in [0.05, 0.1) is 32.9 Å². The molecule has 0 aliphatic carbocycles. The fourth-order valence-corrected chi connectivity index (χ4v) is 4.79. The molecule has 2 N–H and O–H groups in total. The molecule has 3 heterocycles. The van der Waals surface area contributed by atoms with Crippen molar-refractivity contribution in [3.8, 4) is 11.5 Å². The smallest absolute Gasteiger partial charge is 0.224 e. The van der Waals surface area contributed by atoms with E-state index in [1.165, 1.54) is 0 Å². The molecule has 3 atom stereocenters. The van der Waals surface area contributed by atoms with Gasteiger partial charge in [0.1, 0.15) is 11.9 Å². The molecule has 33 heavy (non-hydrogen) atoms. The van der Waals surface area contributed by atoms with E-state index >= 15 is 0 Å². The predicted octanol–water partition coefficient (Wildman–Crippen LogP) is 2.05. The molecule has 0 radical (unpaired) electrons. The molecule has 2 aliphatic heterocycles. The number of carbonyl (C=O) groups is 1. The van der Waals surface area contributed by atoms with Gasteiger partial charge in [-0.2, -0.15) is 0 Å². The quantitative estimate of drug-likeness (QED) is 0.629. The standard InChI is InChI=1S/C25H33N3O5/c1-17(30)25(2)16-28(24(31)9-11-29)15-20(25)18-7-8-21(32-3)22(12-18)33-19-13-27(14-19)23-6-4-5-10-26-23/h4-8,10,12,17,19-20,29-30H,9,11,13-16H2,1-3H3. The minimum Gasteiger partial charge on any atom is -0.493 e. The highest BCUT2D eigenvalue weighted by Crippen LogP contribution is 2.47. The molecule has 0 spiro atoms. The number of pyridine rings is 1. The number of carbonyl (C=O) groups excluding carboxylic acids is 1. The van der Waals surface area contributed by atoms with E-state index in [0.29, 0.717) is 24.6 Å². The average Bonchev–Trinajstić information content (AvgIpc) is 3.15. The molecule has 3 unspecified atom stereocenters. The van der Waals surface area contributed by atoms with Crippen molar-refractivity contribution in [2.24, 2.45) is 5.41 Å². The van der Waals surface area contributed by atoms with Gasteiger partial charge in [-0.1, -0.05) is 19.1 Å². The van der Waals surface area contributed by atoms with Crippen molar-refractivity contribution in [3.05, 3.63) is 48.2 Å². The molecule has 1 aromatic heterocycles. The Balaban J connectivity index is 1.52. The molecule has 2 aromatic rings. The van der Waals surface area contributed by atoms with Crippen LogP contribution in [0.5, 0.6) is 11.5 Å². The number of benzene rings is 1. The van der Waals surface area contributed by atoms with Gasteiger partial charge in [0.2, 0.25) is 5.91 Å². The summed E-state index contributed by atoms with van der Waals surface area (Å²) in [6.07, 6.45) is 1.28. The summed E-state index contributed by atoms with van der Waals surface area (Å²) in [6, 6.07) is 11.7. The topological polar surface area (TPSA) is 95.4 Å². The first-order valence-corrected chi connectivity index (χ1v) is 11.4. The molecule has 2 aliphatic rings. The van der Waals surface area contributed by atoms with E-state index in [1.807, 2.05) is 43.3 Å². The van der Waals surface area contributed by atoms with E-state index < -0.39 is 11.5 Å². The largest absolute Gasteiger partial charge is 0.493 e. The van der Waals surface area contributed by atoms with Gasteiger partial charge < -0.3 is 29.5 Å². The second-order valence-corrected chi connectivity index (χ2v) is 9.23. The molecular weight excluding hydrogens is 422 g/mol. The summed E-state index contributed by atoms with van der Waals surface area (Å²) in [7, 11) is 1.62. The Hall–Kier alpha value is -2.84. The molecule has 8 heteroatoms. The van der Waals surface area contributed by atoms with Crippen LogP contribution in [0.3, 0.4) is 0 Å². The summed E-state index contributed by atoms with van der Waals surface area (Å²) in [5.41, 5.74) is 0.484. The maximum Gasteiger partial charge on any atom is 0.224 e. The van der Waals surface area contributed by atoms with Crippen molar-refractivity contribution in [3.63, 3.8) is 0 Å². The number of ether oxygens (including phenoxy) is 2. The lowest BCUT2D eigenvalue weighted by Gasteiger charge is -2.40. The summed E-state index contributed by atoms with van der Waals surface area (Å²) in [6.45, 7) is 6.01. The third kappa shape index (κ3) is 4.63. The highest BCUT2D eigenvalue weighted by Gasteiger charge is 2.48. The summed E-state index contributed by atoms with van der Waals surface area (Å²) < 4.78 is 11.8. The highest BCUT2D eigenvalue weighted by atomic mass is 16.5. The summed E-state index contributed by atoms with van der Waals surface area (Å²) >= 11 is 0. The van der Waals surface area contributed by atoms with Crippen LogP contribution >= 0.6 is 0 Å². The van der Waals surface area contributed by atoms with Crippen molar-refractivity contribution in [1.82, 2.24) is 9.88 Å². The van der Waals surface area contributed by atoms with Crippen LogP contribution in [0, 0.1) is 5.41 Å². The predicted molar refractivity (Wildman–Crippen MR) is 125 cm³/mol. The number of hydrogen-bond acceptors (Lipinski definition) is 7. The number of rotatable bonds is 8. The van der Waals surface area contributed by atoms with Crippen LogP contribution in [-0.2, 0) is 4.79 Å². The number of amides is 1. The van der Waals surface area contributed by atoms with Crippen LogP contribution in [0.15, 0.2) is 42.6 Å². The van der Waals surface area contributed by atoms with Gasteiger partial charge in [-0.3, -0.25) is 4.79 Å². The molecule has 0 bridgehead atoms. The average molecular weight is 456 g/mol. The Kier molecular flexibility index (Phi) is 6.76. The van der Waals surface area contributed by atoms with Gasteiger partial charge in [0, 0.05) is 37.0 Å². The van der Waals surface area contributed by atoms with Crippen LogP contribution in [-0.4, -0.2) is 78.1 Å². The summed E-state index contributed by atoms with van der Waals surface area (Å²) in [4.78, 5) is 20.8. The third-order valence-corrected chi connectivity index (χ3v) is 7.07. The zero-order valence-electron chi connectivity index (χ0n) is 19.5. The van der Waals surface area contributed by atoms with Gasteiger partial charge >= 0.3 is 0 Å². The van der Waals surface area contributed by atoms with Crippen LogP contribution in [0.2, 0.25) is 0 Å². The molecule has 0 saturated carbocycles. The van der Waals surface area contributed by atoms with Crippen molar-refractivity contribution in [2.45, 2.75) is 38.4 Å². The number of likely N-dealkylation sites (tertiary alicyclic amines) is 1. The monoisotopic (exact) mass is 455 g/mol. The highest BCUT2D eigenvalue weighted by molar-refractivity contribution is 5.77. The lowest BCUT2D eigenvalue weighted by atomic mass is 9.72. The maximum atomic E-state index is 12.5. The maximum absolute atomic E-state index is 12.5. The van der Waals surface area contributed by atoms with Crippen molar-refractivity contribution >= 4 is 11.7 Å². The minimum absolute atomic E-state index is 0.0190. The van der Waals surface area contributed by atoms with E-state index in [0.717, 1.165) is 24.5 Å². The van der Waals surface area contributed by atoms with Gasteiger partial charge in [0.25, 0.3) is 0 Å². The van der Waals surface area contributed by atoms with Crippen LogP contribution in [0.1, 0.15) is 31.7 Å². The molecular formula is C25H33N3O5. The van der Waals surface area contributed by atoms with E-state index in [2.05, 4.69) is 9.88 Å².